The molecule has 0 aliphatic rings. The van der Waals surface area contributed by atoms with Crippen LogP contribution in [-0.2, 0) is 17.6 Å². The Morgan fingerprint density at radius 2 is 1.89 bits per heavy atom. The molecule has 7 nitrogen and oxygen atoms in total. The monoisotopic (exact) mass is 388 g/mol. The minimum Gasteiger partial charge on any atom is -0.341 e. The molecule has 2 heterocycles. The zero-order valence-corrected chi connectivity index (χ0v) is 16.4. The van der Waals surface area contributed by atoms with E-state index in [1.807, 2.05) is 38.1 Å². The van der Waals surface area contributed by atoms with E-state index in [1.165, 1.54) is 5.56 Å². The van der Waals surface area contributed by atoms with Gasteiger partial charge < -0.3 is 10.6 Å². The van der Waals surface area contributed by atoms with Gasteiger partial charge >= 0.3 is 0 Å². The van der Waals surface area contributed by atoms with E-state index in [4.69, 9.17) is 5.73 Å². The van der Waals surface area contributed by atoms with Crippen molar-refractivity contribution >= 4 is 24.1 Å². The summed E-state index contributed by atoms with van der Waals surface area (Å²) in [4.78, 5) is 23.3. The van der Waals surface area contributed by atoms with Gasteiger partial charge in [0.2, 0.25) is 5.91 Å². The van der Waals surface area contributed by atoms with E-state index in [-0.39, 0.29) is 24.7 Å². The van der Waals surface area contributed by atoms with E-state index in [0.29, 0.717) is 31.2 Å². The average molecular weight is 389 g/mol. The highest BCUT2D eigenvalue weighted by molar-refractivity contribution is 5.85. The number of aromatic nitrogens is 4. The number of amides is 1. The Hall–Kier alpha value is -2.51. The predicted molar refractivity (Wildman–Crippen MR) is 107 cm³/mol. The maximum Gasteiger partial charge on any atom is 0.252 e. The summed E-state index contributed by atoms with van der Waals surface area (Å²) < 4.78 is 1.67. The van der Waals surface area contributed by atoms with Crippen molar-refractivity contribution in [3.8, 4) is 0 Å². The number of fused-ring (bicyclic) bond motifs is 1. The lowest BCUT2D eigenvalue weighted by molar-refractivity contribution is -0.130. The van der Waals surface area contributed by atoms with Gasteiger partial charge in [0, 0.05) is 31.0 Å². The minimum absolute atomic E-state index is 0. The van der Waals surface area contributed by atoms with Crippen LogP contribution >= 0.6 is 12.4 Å². The lowest BCUT2D eigenvalue weighted by Crippen LogP contribution is -2.38. The Morgan fingerprint density at radius 3 is 2.59 bits per heavy atom. The first-order valence-electron chi connectivity index (χ1n) is 8.78. The van der Waals surface area contributed by atoms with Crippen LogP contribution in [0.25, 0.3) is 5.78 Å². The van der Waals surface area contributed by atoms with E-state index < -0.39 is 0 Å². The molecule has 0 aliphatic carbocycles. The molecule has 0 aliphatic heterocycles. The van der Waals surface area contributed by atoms with E-state index in [1.54, 1.807) is 9.42 Å². The molecule has 144 valence electrons. The summed E-state index contributed by atoms with van der Waals surface area (Å²) in [7, 11) is 0. The van der Waals surface area contributed by atoms with Crippen molar-refractivity contribution in [3.63, 3.8) is 0 Å². The van der Waals surface area contributed by atoms with Crippen molar-refractivity contribution in [2.45, 2.75) is 26.7 Å². The lowest BCUT2D eigenvalue weighted by atomic mass is 10.1. The van der Waals surface area contributed by atoms with Crippen LogP contribution < -0.4 is 5.73 Å². The first-order valence-corrected chi connectivity index (χ1v) is 8.78. The summed E-state index contributed by atoms with van der Waals surface area (Å²) in [5.74, 6) is 0.995. The summed E-state index contributed by atoms with van der Waals surface area (Å²) in [6.07, 6.45) is 0.946. The fourth-order valence-corrected chi connectivity index (χ4v) is 2.96. The molecule has 3 rings (SSSR count). The molecule has 0 fully saturated rings. The first kappa shape index (κ1) is 20.8. The van der Waals surface area contributed by atoms with E-state index in [0.717, 1.165) is 17.8 Å². The molecule has 2 N–H and O–H groups in total. The van der Waals surface area contributed by atoms with Crippen molar-refractivity contribution in [2.24, 2.45) is 5.73 Å². The maximum absolute atomic E-state index is 12.7. The van der Waals surface area contributed by atoms with Crippen LogP contribution in [-0.4, -0.2) is 50.0 Å². The standard InChI is InChI=1S/C19H24N6O.ClH/c1-14-12-15(2)25-19(21-14)22-17(23-25)13-18(26)24(11-9-20)10-8-16-6-4-3-5-7-16;/h3-7,12H,8-11,13,20H2,1-2H3;1H. The Kier molecular flexibility index (Phi) is 7.27. The van der Waals surface area contributed by atoms with Crippen LogP contribution in [0.2, 0.25) is 0 Å². The van der Waals surface area contributed by atoms with Crippen LogP contribution in [0.4, 0.5) is 0 Å². The molecule has 0 unspecified atom stereocenters. The number of carbonyl (C=O) groups is 1. The third-order valence-electron chi connectivity index (χ3n) is 4.24. The number of halogens is 1. The quantitative estimate of drug-likeness (QED) is 0.665. The average Bonchev–Trinajstić information content (AvgIpc) is 3.02. The van der Waals surface area contributed by atoms with Gasteiger partial charge in [-0.25, -0.2) is 9.50 Å². The molecule has 0 atom stereocenters. The molecule has 0 saturated carbocycles. The highest BCUT2D eigenvalue weighted by atomic mass is 35.5. The van der Waals surface area contributed by atoms with Gasteiger partial charge in [-0.05, 0) is 31.9 Å². The second kappa shape index (κ2) is 9.43. The van der Waals surface area contributed by atoms with Gasteiger partial charge in [-0.1, -0.05) is 30.3 Å². The molecular formula is C19H25ClN6O. The Morgan fingerprint density at radius 1 is 1.15 bits per heavy atom. The SMILES string of the molecule is Cc1cc(C)n2nc(CC(=O)N(CCN)CCc3ccccc3)nc2n1.Cl. The largest absolute Gasteiger partial charge is 0.341 e. The van der Waals surface area contributed by atoms with E-state index in [9.17, 15) is 4.79 Å². The summed E-state index contributed by atoms with van der Waals surface area (Å²) in [6.45, 7) is 5.44. The van der Waals surface area contributed by atoms with E-state index >= 15 is 0 Å². The number of nitrogens with zero attached hydrogens (tertiary/aromatic N) is 5. The number of hydrogen-bond donors (Lipinski definition) is 1. The molecule has 0 saturated heterocycles. The predicted octanol–water partition coefficient (Wildman–Crippen LogP) is 1.74. The molecule has 1 amide bonds. The summed E-state index contributed by atoms with van der Waals surface area (Å²) in [6, 6.07) is 12.1. The fourth-order valence-electron chi connectivity index (χ4n) is 2.96. The minimum atomic E-state index is -0.0170. The fraction of sp³-hybridized carbons (Fsp3) is 0.368. The number of hydrogen-bond acceptors (Lipinski definition) is 5. The van der Waals surface area contributed by atoms with E-state index in [2.05, 4.69) is 27.2 Å². The molecule has 8 heteroatoms. The summed E-state index contributed by atoms with van der Waals surface area (Å²) >= 11 is 0. The third-order valence-corrected chi connectivity index (χ3v) is 4.24. The number of benzene rings is 1. The van der Waals surface area contributed by atoms with Gasteiger partial charge in [0.05, 0.1) is 6.42 Å². The molecular weight excluding hydrogens is 364 g/mol. The Balaban J connectivity index is 0.00000261. The van der Waals surface area contributed by atoms with Gasteiger partial charge in [-0.2, -0.15) is 4.98 Å². The molecule has 0 spiro atoms. The second-order valence-electron chi connectivity index (χ2n) is 6.36. The van der Waals surface area contributed by atoms with Crippen LogP contribution in [0.15, 0.2) is 36.4 Å². The lowest BCUT2D eigenvalue weighted by Gasteiger charge is -2.21. The smallest absolute Gasteiger partial charge is 0.252 e. The van der Waals surface area contributed by atoms with Crippen molar-refractivity contribution < 1.29 is 4.79 Å². The maximum atomic E-state index is 12.7. The molecule has 27 heavy (non-hydrogen) atoms. The molecule has 2 aromatic heterocycles. The van der Waals surface area contributed by atoms with Crippen molar-refractivity contribution in [3.05, 3.63) is 59.2 Å². The highest BCUT2D eigenvalue weighted by Crippen LogP contribution is 2.08. The summed E-state index contributed by atoms with van der Waals surface area (Å²) in [5, 5.41) is 4.42. The van der Waals surface area contributed by atoms with Crippen LogP contribution in [0, 0.1) is 13.8 Å². The molecule has 1 aromatic carbocycles. The van der Waals surface area contributed by atoms with Crippen molar-refractivity contribution in [1.29, 1.82) is 0 Å². The Bertz CT molecular complexity index is 896. The number of carbonyl (C=O) groups excluding carboxylic acids is 1. The molecule has 3 aromatic rings. The normalized spacial score (nSPS) is 10.6. The van der Waals surface area contributed by atoms with Crippen molar-refractivity contribution in [1.82, 2.24) is 24.5 Å². The van der Waals surface area contributed by atoms with Crippen LogP contribution in [0.5, 0.6) is 0 Å². The number of aryl methyl sites for hydroxylation is 2. The second-order valence-corrected chi connectivity index (χ2v) is 6.36. The van der Waals surface area contributed by atoms with Gasteiger partial charge in [-0.3, -0.25) is 4.79 Å². The third kappa shape index (κ3) is 5.24. The van der Waals surface area contributed by atoms with Gasteiger partial charge in [0.1, 0.15) is 0 Å². The number of rotatable bonds is 7. The molecule has 0 bridgehead atoms. The van der Waals surface area contributed by atoms with Crippen molar-refractivity contribution in [2.75, 3.05) is 19.6 Å². The highest BCUT2D eigenvalue weighted by Gasteiger charge is 2.17. The van der Waals surface area contributed by atoms with Crippen LogP contribution in [0.1, 0.15) is 22.8 Å². The van der Waals surface area contributed by atoms with Gasteiger partial charge in [-0.15, -0.1) is 17.5 Å². The van der Waals surface area contributed by atoms with Gasteiger partial charge in [0.25, 0.3) is 5.78 Å². The van der Waals surface area contributed by atoms with Gasteiger partial charge in [0.15, 0.2) is 5.82 Å². The molecule has 0 radical (unpaired) electrons. The van der Waals surface area contributed by atoms with Crippen LogP contribution in [0.3, 0.4) is 0 Å². The Labute approximate surface area is 165 Å². The topological polar surface area (TPSA) is 89.4 Å². The summed E-state index contributed by atoms with van der Waals surface area (Å²) in [5.41, 5.74) is 8.71. The first-order chi connectivity index (χ1) is 12.6. The number of nitrogens with two attached hydrogens (primary N) is 1. The zero-order valence-electron chi connectivity index (χ0n) is 15.6. The zero-order chi connectivity index (χ0) is 18.5.